The van der Waals surface area contributed by atoms with Crippen LogP contribution in [0.2, 0.25) is 0 Å². The normalized spacial score (nSPS) is 12.7. The number of furan rings is 1. The third-order valence-corrected chi connectivity index (χ3v) is 2.65. The van der Waals surface area contributed by atoms with Gasteiger partial charge in [-0.2, -0.15) is 0 Å². The highest BCUT2D eigenvalue weighted by Crippen LogP contribution is 2.25. The van der Waals surface area contributed by atoms with Crippen molar-refractivity contribution in [2.75, 3.05) is 0 Å². The first-order chi connectivity index (χ1) is 7.72. The summed E-state index contributed by atoms with van der Waals surface area (Å²) < 4.78 is 5.30. The van der Waals surface area contributed by atoms with E-state index in [1.165, 1.54) is 0 Å². The number of aliphatic hydroxyl groups is 1. The number of rotatable bonds is 3. The minimum atomic E-state index is -0.651. The summed E-state index contributed by atoms with van der Waals surface area (Å²) >= 11 is 0. The Balaban J connectivity index is 2.31. The topological polar surface area (TPSA) is 46.3 Å². The summed E-state index contributed by atoms with van der Waals surface area (Å²) in [6.45, 7) is 3.92. The number of hydrogen-bond acceptors (Lipinski definition) is 3. The Morgan fingerprint density at radius 3 is 2.81 bits per heavy atom. The summed E-state index contributed by atoms with van der Waals surface area (Å²) in [6.07, 6.45) is 3.44. The summed E-state index contributed by atoms with van der Waals surface area (Å²) in [4.78, 5) is 4.17. The Morgan fingerprint density at radius 1 is 1.38 bits per heavy atom. The molecule has 1 unspecified atom stereocenters. The maximum Gasteiger partial charge on any atom is 0.109 e. The van der Waals surface area contributed by atoms with Gasteiger partial charge in [-0.15, -0.1) is 0 Å². The number of aryl methyl sites for hydroxylation is 2. The summed E-state index contributed by atoms with van der Waals surface area (Å²) in [6, 6.07) is 5.59. The Labute approximate surface area is 94.8 Å². The van der Waals surface area contributed by atoms with Crippen molar-refractivity contribution < 1.29 is 9.52 Å². The van der Waals surface area contributed by atoms with Crippen LogP contribution in [0.4, 0.5) is 0 Å². The Hall–Kier alpha value is -1.61. The van der Waals surface area contributed by atoms with Gasteiger partial charge in [0.05, 0.1) is 6.26 Å². The van der Waals surface area contributed by atoms with E-state index in [4.69, 9.17) is 4.42 Å². The first-order valence-corrected chi connectivity index (χ1v) is 5.39. The number of aliphatic hydroxyl groups excluding tert-OH is 1. The largest absolute Gasteiger partial charge is 0.469 e. The molecule has 3 heteroatoms. The van der Waals surface area contributed by atoms with Crippen molar-refractivity contribution in [2.24, 2.45) is 0 Å². The molecule has 2 heterocycles. The molecule has 0 radical (unpaired) electrons. The van der Waals surface area contributed by atoms with Crippen molar-refractivity contribution in [3.05, 3.63) is 53.2 Å². The summed E-state index contributed by atoms with van der Waals surface area (Å²) in [5, 5.41) is 10.2. The molecule has 3 nitrogen and oxygen atoms in total. The molecule has 0 fully saturated rings. The lowest BCUT2D eigenvalue weighted by molar-refractivity contribution is 0.217. The molecule has 0 aliphatic heterocycles. The van der Waals surface area contributed by atoms with E-state index in [2.05, 4.69) is 4.98 Å². The number of hydrogen-bond donors (Lipinski definition) is 1. The Kier molecular flexibility index (Phi) is 3.06. The van der Waals surface area contributed by atoms with Crippen LogP contribution in [0.3, 0.4) is 0 Å². The molecule has 0 aliphatic carbocycles. The van der Waals surface area contributed by atoms with Gasteiger partial charge >= 0.3 is 0 Å². The summed E-state index contributed by atoms with van der Waals surface area (Å²) in [5.74, 6) is 0.827. The van der Waals surface area contributed by atoms with Crippen molar-refractivity contribution >= 4 is 0 Å². The monoisotopic (exact) mass is 217 g/mol. The van der Waals surface area contributed by atoms with Gasteiger partial charge in [-0.25, -0.2) is 0 Å². The molecule has 0 aliphatic rings. The van der Waals surface area contributed by atoms with Crippen LogP contribution in [0.1, 0.15) is 35.6 Å². The maximum absolute atomic E-state index is 10.2. The number of aromatic nitrogens is 1. The highest BCUT2D eigenvalue weighted by atomic mass is 16.3. The Bertz CT molecular complexity index is 459. The molecular formula is C13H15NO2. The molecule has 1 N–H and O–H groups in total. The minimum absolute atomic E-state index is 0.651. The van der Waals surface area contributed by atoms with Crippen LogP contribution in [0.25, 0.3) is 0 Å². The first-order valence-electron chi connectivity index (χ1n) is 5.39. The zero-order chi connectivity index (χ0) is 11.5. The van der Waals surface area contributed by atoms with Gasteiger partial charge in [0.25, 0.3) is 0 Å². The first kappa shape index (κ1) is 10.9. The van der Waals surface area contributed by atoms with Crippen molar-refractivity contribution in [3.8, 4) is 0 Å². The average Bonchev–Trinajstić information content (AvgIpc) is 2.77. The fourth-order valence-corrected chi connectivity index (χ4v) is 1.70. The predicted octanol–water partition coefficient (Wildman–Crippen LogP) is 2.63. The third kappa shape index (κ3) is 1.99. The molecule has 0 spiro atoms. The van der Waals surface area contributed by atoms with E-state index in [1.807, 2.05) is 32.0 Å². The molecule has 0 saturated heterocycles. The summed E-state index contributed by atoms with van der Waals surface area (Å²) in [5.41, 5.74) is 2.56. The smallest absolute Gasteiger partial charge is 0.109 e. The molecule has 0 bridgehead atoms. The van der Waals surface area contributed by atoms with E-state index in [1.54, 1.807) is 12.5 Å². The summed E-state index contributed by atoms with van der Waals surface area (Å²) in [7, 11) is 0. The van der Waals surface area contributed by atoms with Gasteiger partial charge in [-0.1, -0.05) is 13.0 Å². The molecule has 84 valence electrons. The standard InChI is InChI=1S/C13H15NO2/c1-3-12-11(6-7-16-12)13(15)10-5-4-9(2)14-8-10/h4-8,13,15H,3H2,1-2H3. The van der Waals surface area contributed by atoms with Crippen LogP contribution in [0.5, 0.6) is 0 Å². The average molecular weight is 217 g/mol. The van der Waals surface area contributed by atoms with Gasteiger partial charge in [0.1, 0.15) is 11.9 Å². The highest BCUT2D eigenvalue weighted by Gasteiger charge is 2.16. The van der Waals surface area contributed by atoms with Gasteiger partial charge in [0.15, 0.2) is 0 Å². The molecule has 0 aromatic carbocycles. The lowest BCUT2D eigenvalue weighted by Gasteiger charge is -2.10. The van der Waals surface area contributed by atoms with Gasteiger partial charge in [0, 0.05) is 29.4 Å². The van der Waals surface area contributed by atoms with E-state index in [0.717, 1.165) is 29.0 Å². The molecule has 0 amide bonds. The molecule has 1 atom stereocenters. The zero-order valence-corrected chi connectivity index (χ0v) is 9.47. The van der Waals surface area contributed by atoms with E-state index in [9.17, 15) is 5.11 Å². The van der Waals surface area contributed by atoms with Crippen LogP contribution >= 0.6 is 0 Å². The van der Waals surface area contributed by atoms with Gasteiger partial charge in [-0.05, 0) is 19.1 Å². The van der Waals surface area contributed by atoms with E-state index < -0.39 is 6.10 Å². The van der Waals surface area contributed by atoms with Crippen LogP contribution in [-0.4, -0.2) is 10.1 Å². The van der Waals surface area contributed by atoms with Gasteiger partial charge in [-0.3, -0.25) is 4.98 Å². The molecule has 2 aromatic rings. The lowest BCUT2D eigenvalue weighted by atomic mass is 10.0. The van der Waals surface area contributed by atoms with Crippen molar-refractivity contribution in [1.82, 2.24) is 4.98 Å². The van der Waals surface area contributed by atoms with Crippen LogP contribution in [0.15, 0.2) is 35.1 Å². The van der Waals surface area contributed by atoms with Crippen LogP contribution < -0.4 is 0 Å². The second-order valence-electron chi connectivity index (χ2n) is 3.79. The van der Waals surface area contributed by atoms with E-state index >= 15 is 0 Å². The highest BCUT2D eigenvalue weighted by molar-refractivity contribution is 5.30. The third-order valence-electron chi connectivity index (χ3n) is 2.65. The molecule has 16 heavy (non-hydrogen) atoms. The number of nitrogens with zero attached hydrogens (tertiary/aromatic N) is 1. The van der Waals surface area contributed by atoms with Crippen LogP contribution in [0, 0.1) is 6.92 Å². The minimum Gasteiger partial charge on any atom is -0.469 e. The molecule has 0 saturated carbocycles. The number of pyridine rings is 1. The van der Waals surface area contributed by atoms with Gasteiger partial charge in [0.2, 0.25) is 0 Å². The zero-order valence-electron chi connectivity index (χ0n) is 9.47. The molecule has 2 aromatic heterocycles. The van der Waals surface area contributed by atoms with E-state index in [-0.39, 0.29) is 0 Å². The van der Waals surface area contributed by atoms with Crippen molar-refractivity contribution in [3.63, 3.8) is 0 Å². The Morgan fingerprint density at radius 2 is 2.19 bits per heavy atom. The fraction of sp³-hybridized carbons (Fsp3) is 0.308. The maximum atomic E-state index is 10.2. The predicted molar refractivity (Wildman–Crippen MR) is 61.1 cm³/mol. The molecule has 2 rings (SSSR count). The van der Waals surface area contributed by atoms with Crippen molar-refractivity contribution in [2.45, 2.75) is 26.4 Å². The lowest BCUT2D eigenvalue weighted by Crippen LogP contribution is -2.01. The van der Waals surface area contributed by atoms with E-state index in [0.29, 0.717) is 0 Å². The van der Waals surface area contributed by atoms with Crippen LogP contribution in [-0.2, 0) is 6.42 Å². The quantitative estimate of drug-likeness (QED) is 0.859. The SMILES string of the molecule is CCc1occc1C(O)c1ccc(C)nc1. The second-order valence-corrected chi connectivity index (χ2v) is 3.79. The fourth-order valence-electron chi connectivity index (χ4n) is 1.70. The second kappa shape index (κ2) is 4.49. The van der Waals surface area contributed by atoms with Crippen molar-refractivity contribution in [1.29, 1.82) is 0 Å². The van der Waals surface area contributed by atoms with Gasteiger partial charge < -0.3 is 9.52 Å². The molecular weight excluding hydrogens is 202 g/mol.